The second-order valence-corrected chi connectivity index (χ2v) is 7.28. The van der Waals surface area contributed by atoms with E-state index >= 15 is 0 Å². The predicted molar refractivity (Wildman–Crippen MR) is 107 cm³/mol. The molecule has 1 aromatic heterocycles. The standard InChI is InChI=1S/C22H26N2O2/c1-16-14-17(2)21-20(15-16)24(9-5-8-23-10-12-26-13-11-23)19-7-4-3-6-18(19)22(21)25/h3-4,6-7,14-15H,5,8-13H2,1-2H3. The zero-order valence-electron chi connectivity index (χ0n) is 15.6. The van der Waals surface area contributed by atoms with Crippen molar-refractivity contribution in [3.8, 4) is 0 Å². The molecule has 0 amide bonds. The van der Waals surface area contributed by atoms with Crippen LogP contribution in [0, 0.1) is 13.8 Å². The third kappa shape index (κ3) is 3.15. The van der Waals surface area contributed by atoms with Crippen molar-refractivity contribution in [2.75, 3.05) is 32.8 Å². The first-order valence-electron chi connectivity index (χ1n) is 9.48. The molecule has 2 aromatic carbocycles. The maximum Gasteiger partial charge on any atom is 0.197 e. The number of hydrogen-bond donors (Lipinski definition) is 0. The van der Waals surface area contributed by atoms with E-state index in [-0.39, 0.29) is 5.43 Å². The van der Waals surface area contributed by atoms with Gasteiger partial charge >= 0.3 is 0 Å². The van der Waals surface area contributed by atoms with Crippen molar-refractivity contribution < 1.29 is 4.74 Å². The highest BCUT2D eigenvalue weighted by Gasteiger charge is 2.14. The van der Waals surface area contributed by atoms with E-state index in [2.05, 4.69) is 34.6 Å². The number of ether oxygens (including phenoxy) is 1. The molecule has 0 N–H and O–H groups in total. The zero-order chi connectivity index (χ0) is 18.1. The van der Waals surface area contributed by atoms with Gasteiger partial charge in [-0.3, -0.25) is 9.69 Å². The molecule has 3 aromatic rings. The summed E-state index contributed by atoms with van der Waals surface area (Å²) < 4.78 is 7.78. The average Bonchev–Trinajstić information content (AvgIpc) is 2.65. The Morgan fingerprint density at radius 3 is 2.58 bits per heavy atom. The molecule has 2 heterocycles. The molecule has 1 fully saturated rings. The quantitative estimate of drug-likeness (QED) is 0.676. The van der Waals surface area contributed by atoms with Crippen LogP contribution in [0.2, 0.25) is 0 Å². The Kier molecular flexibility index (Phi) is 4.79. The highest BCUT2D eigenvalue weighted by atomic mass is 16.5. The average molecular weight is 350 g/mol. The monoisotopic (exact) mass is 350 g/mol. The molecular weight excluding hydrogens is 324 g/mol. The van der Waals surface area contributed by atoms with Crippen molar-refractivity contribution in [2.24, 2.45) is 0 Å². The van der Waals surface area contributed by atoms with Gasteiger partial charge < -0.3 is 9.30 Å². The predicted octanol–water partition coefficient (Wildman–Crippen LogP) is 3.49. The number of aromatic nitrogens is 1. The minimum absolute atomic E-state index is 0.150. The number of rotatable bonds is 4. The fourth-order valence-electron chi connectivity index (χ4n) is 4.14. The van der Waals surface area contributed by atoms with Crippen LogP contribution in [-0.2, 0) is 11.3 Å². The molecule has 0 spiro atoms. The Balaban J connectivity index is 1.77. The van der Waals surface area contributed by atoms with Crippen molar-refractivity contribution in [1.82, 2.24) is 9.47 Å². The summed E-state index contributed by atoms with van der Waals surface area (Å²) in [4.78, 5) is 15.5. The molecule has 0 atom stereocenters. The van der Waals surface area contributed by atoms with Gasteiger partial charge in [-0.25, -0.2) is 0 Å². The number of aryl methyl sites for hydroxylation is 3. The second kappa shape index (κ2) is 7.22. The molecule has 0 saturated carbocycles. The van der Waals surface area contributed by atoms with E-state index in [1.807, 2.05) is 25.1 Å². The smallest absolute Gasteiger partial charge is 0.197 e. The van der Waals surface area contributed by atoms with Gasteiger partial charge in [-0.2, -0.15) is 0 Å². The molecule has 1 aliphatic heterocycles. The van der Waals surface area contributed by atoms with E-state index in [0.29, 0.717) is 0 Å². The molecule has 26 heavy (non-hydrogen) atoms. The molecular formula is C22H26N2O2. The Labute approximate surface area is 154 Å². The molecule has 4 nitrogen and oxygen atoms in total. The van der Waals surface area contributed by atoms with Gasteiger partial charge in [0.25, 0.3) is 0 Å². The van der Waals surface area contributed by atoms with Crippen molar-refractivity contribution in [2.45, 2.75) is 26.8 Å². The summed E-state index contributed by atoms with van der Waals surface area (Å²) in [7, 11) is 0. The molecule has 4 heteroatoms. The number of nitrogens with zero attached hydrogens (tertiary/aromatic N) is 2. The van der Waals surface area contributed by atoms with Crippen molar-refractivity contribution >= 4 is 21.8 Å². The zero-order valence-corrected chi connectivity index (χ0v) is 15.6. The Morgan fingerprint density at radius 1 is 1.00 bits per heavy atom. The van der Waals surface area contributed by atoms with E-state index < -0.39 is 0 Å². The lowest BCUT2D eigenvalue weighted by molar-refractivity contribution is 0.0370. The largest absolute Gasteiger partial charge is 0.379 e. The Hall–Kier alpha value is -2.17. The number of morpholine rings is 1. The minimum Gasteiger partial charge on any atom is -0.379 e. The van der Waals surface area contributed by atoms with Gasteiger partial charge in [0, 0.05) is 37.0 Å². The topological polar surface area (TPSA) is 34.5 Å². The number of pyridine rings is 1. The van der Waals surface area contributed by atoms with Gasteiger partial charge in [-0.15, -0.1) is 0 Å². The number of benzene rings is 2. The Morgan fingerprint density at radius 2 is 1.77 bits per heavy atom. The summed E-state index contributed by atoms with van der Waals surface area (Å²) in [5.41, 5.74) is 4.52. The van der Waals surface area contributed by atoms with Crippen LogP contribution in [0.15, 0.2) is 41.2 Å². The van der Waals surface area contributed by atoms with E-state index in [4.69, 9.17) is 4.74 Å². The maximum atomic E-state index is 13.1. The number of fused-ring (bicyclic) bond motifs is 2. The maximum absolute atomic E-state index is 13.1. The van der Waals surface area contributed by atoms with Crippen LogP contribution in [0.5, 0.6) is 0 Å². The van der Waals surface area contributed by atoms with Crippen LogP contribution in [0.4, 0.5) is 0 Å². The van der Waals surface area contributed by atoms with Gasteiger partial charge in [0.2, 0.25) is 0 Å². The van der Waals surface area contributed by atoms with E-state index in [0.717, 1.165) is 73.2 Å². The molecule has 0 bridgehead atoms. The molecule has 1 aliphatic rings. The van der Waals surface area contributed by atoms with Crippen molar-refractivity contribution in [3.05, 3.63) is 57.7 Å². The molecule has 0 radical (unpaired) electrons. The highest BCUT2D eigenvalue weighted by Crippen LogP contribution is 2.23. The number of hydrogen-bond acceptors (Lipinski definition) is 3. The fourth-order valence-corrected chi connectivity index (χ4v) is 4.14. The lowest BCUT2D eigenvalue weighted by Gasteiger charge is -2.27. The summed E-state index contributed by atoms with van der Waals surface area (Å²) in [6, 6.07) is 12.3. The third-order valence-corrected chi connectivity index (χ3v) is 5.38. The van der Waals surface area contributed by atoms with Crippen molar-refractivity contribution in [3.63, 3.8) is 0 Å². The summed E-state index contributed by atoms with van der Waals surface area (Å²) >= 11 is 0. The summed E-state index contributed by atoms with van der Waals surface area (Å²) in [5, 5.41) is 1.68. The fraction of sp³-hybridized carbons (Fsp3) is 0.409. The van der Waals surface area contributed by atoms with Crippen LogP contribution in [0.25, 0.3) is 21.8 Å². The van der Waals surface area contributed by atoms with E-state index in [1.54, 1.807) is 0 Å². The lowest BCUT2D eigenvalue weighted by Crippen LogP contribution is -2.37. The molecule has 0 aliphatic carbocycles. The van der Waals surface area contributed by atoms with Gasteiger partial charge in [-0.05, 0) is 49.6 Å². The molecule has 0 unspecified atom stereocenters. The number of para-hydroxylation sites is 1. The second-order valence-electron chi connectivity index (χ2n) is 7.28. The van der Waals surface area contributed by atoms with Gasteiger partial charge in [0.05, 0.1) is 24.2 Å². The van der Waals surface area contributed by atoms with Gasteiger partial charge in [0.15, 0.2) is 5.43 Å². The SMILES string of the molecule is Cc1cc(C)c2c(=O)c3ccccc3n(CCCN3CCOCC3)c2c1. The molecule has 4 rings (SSSR count). The van der Waals surface area contributed by atoms with Gasteiger partial charge in [0.1, 0.15) is 0 Å². The first-order valence-corrected chi connectivity index (χ1v) is 9.48. The van der Waals surface area contributed by atoms with Gasteiger partial charge in [-0.1, -0.05) is 18.2 Å². The summed E-state index contributed by atoms with van der Waals surface area (Å²) in [6.45, 7) is 9.83. The van der Waals surface area contributed by atoms with E-state index in [1.165, 1.54) is 5.56 Å². The summed E-state index contributed by atoms with van der Waals surface area (Å²) in [6.07, 6.45) is 1.06. The van der Waals surface area contributed by atoms with Crippen LogP contribution in [0.3, 0.4) is 0 Å². The molecule has 1 saturated heterocycles. The Bertz CT molecular complexity index is 1000. The van der Waals surface area contributed by atoms with E-state index in [9.17, 15) is 4.79 Å². The van der Waals surface area contributed by atoms with Crippen LogP contribution >= 0.6 is 0 Å². The summed E-state index contributed by atoms with van der Waals surface area (Å²) in [5.74, 6) is 0. The van der Waals surface area contributed by atoms with Crippen LogP contribution < -0.4 is 5.43 Å². The molecule has 136 valence electrons. The minimum atomic E-state index is 0.150. The normalized spacial score (nSPS) is 15.8. The first-order chi connectivity index (χ1) is 12.6. The lowest BCUT2D eigenvalue weighted by atomic mass is 10.0. The highest BCUT2D eigenvalue weighted by molar-refractivity contribution is 5.95. The van der Waals surface area contributed by atoms with Crippen LogP contribution in [-0.4, -0.2) is 42.3 Å². The van der Waals surface area contributed by atoms with Crippen LogP contribution in [0.1, 0.15) is 17.5 Å². The third-order valence-electron chi connectivity index (χ3n) is 5.38. The first kappa shape index (κ1) is 17.3. The van der Waals surface area contributed by atoms with Crippen molar-refractivity contribution in [1.29, 1.82) is 0 Å².